The second-order valence-electron chi connectivity index (χ2n) is 4.93. The van der Waals surface area contributed by atoms with Crippen LogP contribution in [0.4, 0.5) is 0 Å². The van der Waals surface area contributed by atoms with Gasteiger partial charge in [-0.15, -0.1) is 0 Å². The van der Waals surface area contributed by atoms with Gasteiger partial charge in [-0.05, 0) is 19.3 Å². The predicted octanol–water partition coefficient (Wildman–Crippen LogP) is 2.34. The van der Waals surface area contributed by atoms with Crippen LogP contribution in [0.2, 0.25) is 0 Å². The van der Waals surface area contributed by atoms with Crippen LogP contribution in [0, 0.1) is 0 Å². The van der Waals surface area contributed by atoms with Gasteiger partial charge in [-0.2, -0.15) is 0 Å². The van der Waals surface area contributed by atoms with Crippen LogP contribution in [0.1, 0.15) is 64.7 Å². The van der Waals surface area contributed by atoms with E-state index in [0.29, 0.717) is 6.42 Å². The highest BCUT2D eigenvalue weighted by atomic mass is 16.1. The first-order valence-corrected chi connectivity index (χ1v) is 6.79. The summed E-state index contributed by atoms with van der Waals surface area (Å²) in [7, 11) is 0. The van der Waals surface area contributed by atoms with Crippen molar-refractivity contribution in [2.45, 2.75) is 76.8 Å². The Morgan fingerprint density at radius 2 is 2.00 bits per heavy atom. The Kier molecular flexibility index (Phi) is 6.46. The first kappa shape index (κ1) is 13.5. The molecule has 1 amide bonds. The second kappa shape index (κ2) is 7.66. The number of nitrogens with two attached hydrogens (primary N) is 1. The molecular weight excluding hydrogens is 200 g/mol. The van der Waals surface area contributed by atoms with E-state index in [9.17, 15) is 4.79 Å². The van der Waals surface area contributed by atoms with Crippen molar-refractivity contribution in [1.29, 1.82) is 0 Å². The van der Waals surface area contributed by atoms with Crippen LogP contribution in [-0.4, -0.2) is 18.0 Å². The number of amides is 1. The van der Waals surface area contributed by atoms with E-state index in [1.165, 1.54) is 32.1 Å². The molecule has 0 radical (unpaired) electrons. The summed E-state index contributed by atoms with van der Waals surface area (Å²) in [5, 5.41) is 3.08. The summed E-state index contributed by atoms with van der Waals surface area (Å²) in [5.41, 5.74) is 5.99. The number of carbonyl (C=O) groups excluding carboxylic acids is 1. The zero-order chi connectivity index (χ0) is 11.8. The first-order chi connectivity index (χ1) is 7.74. The van der Waals surface area contributed by atoms with Gasteiger partial charge < -0.3 is 11.1 Å². The number of hydrogen-bond donors (Lipinski definition) is 2. The van der Waals surface area contributed by atoms with Gasteiger partial charge in [0.2, 0.25) is 5.91 Å². The summed E-state index contributed by atoms with van der Waals surface area (Å²) >= 11 is 0. The third-order valence-electron chi connectivity index (χ3n) is 3.42. The third kappa shape index (κ3) is 4.97. The fourth-order valence-corrected chi connectivity index (χ4v) is 2.33. The molecule has 0 aliphatic heterocycles. The highest BCUT2D eigenvalue weighted by Gasteiger charge is 2.22. The molecule has 94 valence electrons. The summed E-state index contributed by atoms with van der Waals surface area (Å²) < 4.78 is 0. The standard InChI is InChI=1S/C13H26N2O/c1-2-3-4-5-10-13(16)15-12-9-7-6-8-11(12)14/h11-12H,2-10,14H2,1H3,(H,15,16)/t11-,12-/m1/s1. The lowest BCUT2D eigenvalue weighted by Gasteiger charge is -2.29. The van der Waals surface area contributed by atoms with Gasteiger partial charge in [-0.3, -0.25) is 4.79 Å². The molecule has 0 aromatic rings. The zero-order valence-corrected chi connectivity index (χ0v) is 10.5. The molecule has 1 rings (SSSR count). The van der Waals surface area contributed by atoms with E-state index in [1.54, 1.807) is 0 Å². The van der Waals surface area contributed by atoms with E-state index in [4.69, 9.17) is 5.73 Å². The lowest BCUT2D eigenvalue weighted by Crippen LogP contribution is -2.49. The maximum absolute atomic E-state index is 11.7. The Morgan fingerprint density at radius 3 is 2.69 bits per heavy atom. The quantitative estimate of drug-likeness (QED) is 0.683. The van der Waals surface area contributed by atoms with Crippen LogP contribution in [0.25, 0.3) is 0 Å². The minimum atomic E-state index is 0.174. The molecule has 0 spiro atoms. The Labute approximate surface area is 99.2 Å². The summed E-state index contributed by atoms with van der Waals surface area (Å²) in [6.07, 6.45) is 9.83. The molecule has 0 aromatic carbocycles. The van der Waals surface area contributed by atoms with E-state index in [-0.39, 0.29) is 18.0 Å². The SMILES string of the molecule is CCCCCCC(=O)N[C@@H]1CCCC[C@H]1N. The molecule has 0 unspecified atom stereocenters. The Hall–Kier alpha value is -0.570. The van der Waals surface area contributed by atoms with Crippen molar-refractivity contribution in [2.24, 2.45) is 5.73 Å². The van der Waals surface area contributed by atoms with E-state index in [0.717, 1.165) is 19.3 Å². The van der Waals surface area contributed by atoms with Crippen molar-refractivity contribution in [2.75, 3.05) is 0 Å². The van der Waals surface area contributed by atoms with E-state index >= 15 is 0 Å². The van der Waals surface area contributed by atoms with E-state index in [1.807, 2.05) is 0 Å². The van der Waals surface area contributed by atoms with Crippen LogP contribution in [0.15, 0.2) is 0 Å². The van der Waals surface area contributed by atoms with E-state index < -0.39 is 0 Å². The largest absolute Gasteiger partial charge is 0.352 e. The summed E-state index contributed by atoms with van der Waals surface area (Å²) in [4.78, 5) is 11.7. The van der Waals surface area contributed by atoms with Crippen molar-refractivity contribution in [3.05, 3.63) is 0 Å². The lowest BCUT2D eigenvalue weighted by molar-refractivity contribution is -0.122. The Morgan fingerprint density at radius 1 is 1.25 bits per heavy atom. The summed E-state index contributed by atoms with van der Waals surface area (Å²) in [6, 6.07) is 0.403. The van der Waals surface area contributed by atoms with Gasteiger partial charge in [-0.25, -0.2) is 0 Å². The minimum absolute atomic E-state index is 0.174. The molecule has 0 bridgehead atoms. The maximum Gasteiger partial charge on any atom is 0.220 e. The van der Waals surface area contributed by atoms with Crippen molar-refractivity contribution in [1.82, 2.24) is 5.32 Å². The molecule has 1 aliphatic rings. The lowest BCUT2D eigenvalue weighted by atomic mass is 9.91. The Bertz CT molecular complexity index is 206. The monoisotopic (exact) mass is 226 g/mol. The van der Waals surface area contributed by atoms with Gasteiger partial charge in [0, 0.05) is 18.5 Å². The number of rotatable bonds is 6. The molecule has 2 atom stereocenters. The highest BCUT2D eigenvalue weighted by Crippen LogP contribution is 2.17. The van der Waals surface area contributed by atoms with Gasteiger partial charge in [0.15, 0.2) is 0 Å². The minimum Gasteiger partial charge on any atom is -0.352 e. The van der Waals surface area contributed by atoms with Gasteiger partial charge in [0.05, 0.1) is 0 Å². The molecule has 1 aliphatic carbocycles. The Balaban J connectivity index is 2.12. The van der Waals surface area contributed by atoms with Gasteiger partial charge in [-0.1, -0.05) is 39.0 Å². The zero-order valence-electron chi connectivity index (χ0n) is 10.5. The number of hydrogen-bond acceptors (Lipinski definition) is 2. The maximum atomic E-state index is 11.7. The number of nitrogens with one attached hydrogen (secondary N) is 1. The van der Waals surface area contributed by atoms with Crippen LogP contribution >= 0.6 is 0 Å². The van der Waals surface area contributed by atoms with Crippen molar-refractivity contribution in [3.8, 4) is 0 Å². The fourth-order valence-electron chi connectivity index (χ4n) is 2.33. The van der Waals surface area contributed by atoms with Gasteiger partial charge in [0.1, 0.15) is 0 Å². The molecule has 0 aromatic heterocycles. The summed E-state index contributed by atoms with van der Waals surface area (Å²) in [6.45, 7) is 2.18. The van der Waals surface area contributed by atoms with Crippen LogP contribution in [-0.2, 0) is 4.79 Å². The molecule has 1 fully saturated rings. The molecule has 0 saturated heterocycles. The summed E-state index contributed by atoms with van der Waals surface area (Å²) in [5.74, 6) is 0.193. The molecule has 3 N–H and O–H groups in total. The molecule has 1 saturated carbocycles. The van der Waals surface area contributed by atoms with Crippen LogP contribution in [0.3, 0.4) is 0 Å². The van der Waals surface area contributed by atoms with Gasteiger partial charge in [0.25, 0.3) is 0 Å². The first-order valence-electron chi connectivity index (χ1n) is 6.79. The van der Waals surface area contributed by atoms with Crippen LogP contribution < -0.4 is 11.1 Å². The molecule has 3 nitrogen and oxygen atoms in total. The molecule has 16 heavy (non-hydrogen) atoms. The average Bonchev–Trinajstić information content (AvgIpc) is 2.28. The molecule has 0 heterocycles. The average molecular weight is 226 g/mol. The number of carbonyl (C=O) groups is 1. The predicted molar refractivity (Wildman–Crippen MR) is 67.1 cm³/mol. The van der Waals surface area contributed by atoms with Crippen molar-refractivity contribution >= 4 is 5.91 Å². The fraction of sp³-hybridized carbons (Fsp3) is 0.923. The normalized spacial score (nSPS) is 25.4. The number of unbranched alkanes of at least 4 members (excludes halogenated alkanes) is 3. The van der Waals surface area contributed by atoms with Crippen molar-refractivity contribution < 1.29 is 4.79 Å². The van der Waals surface area contributed by atoms with Gasteiger partial charge >= 0.3 is 0 Å². The topological polar surface area (TPSA) is 55.1 Å². The second-order valence-corrected chi connectivity index (χ2v) is 4.93. The third-order valence-corrected chi connectivity index (χ3v) is 3.42. The van der Waals surface area contributed by atoms with Crippen molar-refractivity contribution in [3.63, 3.8) is 0 Å². The molecule has 3 heteroatoms. The smallest absolute Gasteiger partial charge is 0.220 e. The van der Waals surface area contributed by atoms with E-state index in [2.05, 4.69) is 12.2 Å². The highest BCUT2D eigenvalue weighted by molar-refractivity contribution is 5.76. The molecular formula is C13H26N2O. The van der Waals surface area contributed by atoms with Crippen LogP contribution in [0.5, 0.6) is 0 Å².